The molecule has 4 rings (SSSR count). The van der Waals surface area contributed by atoms with Crippen LogP contribution in [0.4, 0.5) is 4.79 Å². The van der Waals surface area contributed by atoms with Crippen LogP contribution >= 0.6 is 0 Å². The Kier molecular flexibility index (Phi) is 5.38. The number of hydrogen-bond acceptors (Lipinski definition) is 2. The van der Waals surface area contributed by atoms with Gasteiger partial charge in [-0.15, -0.1) is 0 Å². The number of furan rings is 1. The van der Waals surface area contributed by atoms with Crippen molar-refractivity contribution in [1.82, 2.24) is 10.6 Å². The van der Waals surface area contributed by atoms with E-state index in [1.807, 2.05) is 84.9 Å². The Balaban J connectivity index is 1.40. The van der Waals surface area contributed by atoms with Gasteiger partial charge in [0.25, 0.3) is 0 Å². The fraction of sp³-hybridized carbons (Fsp3) is 0.125. The van der Waals surface area contributed by atoms with E-state index in [2.05, 4.69) is 10.6 Å². The molecule has 1 aromatic heterocycles. The molecule has 2 N–H and O–H groups in total. The second-order valence-corrected chi connectivity index (χ2v) is 6.66. The van der Waals surface area contributed by atoms with Crippen molar-refractivity contribution in [2.75, 3.05) is 6.54 Å². The van der Waals surface area contributed by atoms with E-state index in [4.69, 9.17) is 4.42 Å². The number of amides is 2. The van der Waals surface area contributed by atoms with Crippen LogP contribution in [-0.4, -0.2) is 12.6 Å². The maximum Gasteiger partial charge on any atom is 0.315 e. The number of nitrogens with one attached hydrogen (secondary N) is 2. The first kappa shape index (κ1) is 17.9. The van der Waals surface area contributed by atoms with E-state index in [0.717, 1.165) is 27.7 Å². The molecule has 0 unspecified atom stereocenters. The predicted molar refractivity (Wildman–Crippen MR) is 111 cm³/mol. The zero-order valence-electron chi connectivity index (χ0n) is 15.5. The van der Waals surface area contributed by atoms with Crippen LogP contribution in [0.15, 0.2) is 95.6 Å². The van der Waals surface area contributed by atoms with Gasteiger partial charge in [0, 0.05) is 11.9 Å². The smallest absolute Gasteiger partial charge is 0.315 e. The zero-order chi connectivity index (χ0) is 19.2. The summed E-state index contributed by atoms with van der Waals surface area (Å²) in [6.07, 6.45) is 2.48. The molecule has 0 aliphatic carbocycles. The van der Waals surface area contributed by atoms with E-state index in [1.165, 1.54) is 0 Å². The van der Waals surface area contributed by atoms with Gasteiger partial charge < -0.3 is 15.1 Å². The van der Waals surface area contributed by atoms with Gasteiger partial charge in [-0.25, -0.2) is 4.79 Å². The van der Waals surface area contributed by atoms with Crippen molar-refractivity contribution in [1.29, 1.82) is 0 Å². The molecule has 0 saturated heterocycles. The Morgan fingerprint density at radius 2 is 1.43 bits per heavy atom. The third-order valence-electron chi connectivity index (χ3n) is 4.78. The summed E-state index contributed by atoms with van der Waals surface area (Å²) in [6.45, 7) is 0.533. The highest BCUT2D eigenvalue weighted by Crippen LogP contribution is 2.22. The number of rotatable bonds is 6. The van der Waals surface area contributed by atoms with E-state index in [9.17, 15) is 4.79 Å². The maximum absolute atomic E-state index is 12.5. The first-order valence-corrected chi connectivity index (χ1v) is 9.40. The van der Waals surface area contributed by atoms with Crippen molar-refractivity contribution in [2.45, 2.75) is 12.5 Å². The quantitative estimate of drug-likeness (QED) is 0.498. The van der Waals surface area contributed by atoms with E-state index in [-0.39, 0.29) is 12.1 Å². The maximum atomic E-state index is 12.5. The topological polar surface area (TPSA) is 54.3 Å². The molecule has 2 amide bonds. The number of carbonyl (C=O) groups is 1. The SMILES string of the molecule is O=C(NCCc1coc2ccccc12)NC(c1ccccc1)c1ccccc1. The minimum absolute atomic E-state index is 0.189. The van der Waals surface area contributed by atoms with Gasteiger partial charge in [0.2, 0.25) is 0 Å². The minimum Gasteiger partial charge on any atom is -0.464 e. The molecule has 0 aliphatic rings. The fourth-order valence-electron chi connectivity index (χ4n) is 3.37. The van der Waals surface area contributed by atoms with Gasteiger partial charge in [-0.1, -0.05) is 78.9 Å². The first-order valence-electron chi connectivity index (χ1n) is 9.40. The van der Waals surface area contributed by atoms with Crippen LogP contribution in [0, 0.1) is 0 Å². The zero-order valence-corrected chi connectivity index (χ0v) is 15.5. The summed E-state index contributed by atoms with van der Waals surface area (Å²) in [5.41, 5.74) is 4.06. The monoisotopic (exact) mass is 370 g/mol. The van der Waals surface area contributed by atoms with Crippen LogP contribution < -0.4 is 10.6 Å². The van der Waals surface area contributed by atoms with Crippen LogP contribution in [0.5, 0.6) is 0 Å². The van der Waals surface area contributed by atoms with E-state index >= 15 is 0 Å². The van der Waals surface area contributed by atoms with Crippen molar-refractivity contribution >= 4 is 17.0 Å². The lowest BCUT2D eigenvalue weighted by atomic mass is 9.99. The van der Waals surface area contributed by atoms with Crippen LogP contribution in [0.3, 0.4) is 0 Å². The Morgan fingerprint density at radius 3 is 2.11 bits per heavy atom. The van der Waals surface area contributed by atoms with Crippen molar-refractivity contribution in [3.05, 3.63) is 108 Å². The molecule has 0 atom stereocenters. The Labute approximate surface area is 164 Å². The molecule has 0 saturated carbocycles. The summed E-state index contributed by atoms with van der Waals surface area (Å²) in [5, 5.41) is 7.15. The van der Waals surface area contributed by atoms with Crippen molar-refractivity contribution in [3.8, 4) is 0 Å². The van der Waals surface area contributed by atoms with E-state index < -0.39 is 0 Å². The Hall–Kier alpha value is -3.53. The second-order valence-electron chi connectivity index (χ2n) is 6.66. The molecule has 28 heavy (non-hydrogen) atoms. The average molecular weight is 370 g/mol. The highest BCUT2D eigenvalue weighted by molar-refractivity contribution is 5.81. The highest BCUT2D eigenvalue weighted by Gasteiger charge is 2.16. The van der Waals surface area contributed by atoms with Gasteiger partial charge in [-0.05, 0) is 29.2 Å². The standard InChI is InChI=1S/C24H22N2O2/c27-24(25-16-15-20-17-28-22-14-8-7-13-21(20)22)26-23(18-9-3-1-4-10-18)19-11-5-2-6-12-19/h1-14,17,23H,15-16H2,(H2,25,26,27). The lowest BCUT2D eigenvalue weighted by Crippen LogP contribution is -2.39. The molecule has 4 heteroatoms. The highest BCUT2D eigenvalue weighted by atomic mass is 16.3. The van der Waals surface area contributed by atoms with Crippen LogP contribution in [0.1, 0.15) is 22.7 Å². The molecular formula is C24H22N2O2. The average Bonchev–Trinajstić information content (AvgIpc) is 3.16. The minimum atomic E-state index is -0.197. The molecule has 0 bridgehead atoms. The van der Waals surface area contributed by atoms with E-state index in [1.54, 1.807) is 6.26 Å². The number of fused-ring (bicyclic) bond motifs is 1. The van der Waals surface area contributed by atoms with Gasteiger partial charge in [-0.2, -0.15) is 0 Å². The summed E-state index contributed by atoms with van der Waals surface area (Å²) >= 11 is 0. The third-order valence-corrected chi connectivity index (χ3v) is 4.78. The van der Waals surface area contributed by atoms with Crippen LogP contribution in [-0.2, 0) is 6.42 Å². The van der Waals surface area contributed by atoms with Crippen LogP contribution in [0.25, 0.3) is 11.0 Å². The van der Waals surface area contributed by atoms with Gasteiger partial charge in [0.1, 0.15) is 5.58 Å². The largest absolute Gasteiger partial charge is 0.464 e. The van der Waals surface area contributed by atoms with Gasteiger partial charge in [0.05, 0.1) is 12.3 Å². The van der Waals surface area contributed by atoms with Crippen molar-refractivity contribution < 1.29 is 9.21 Å². The molecular weight excluding hydrogens is 348 g/mol. The van der Waals surface area contributed by atoms with Crippen LogP contribution in [0.2, 0.25) is 0 Å². The normalized spacial score (nSPS) is 10.9. The number of benzene rings is 3. The molecule has 4 nitrogen and oxygen atoms in total. The first-order chi connectivity index (χ1) is 13.8. The van der Waals surface area contributed by atoms with Gasteiger partial charge in [-0.3, -0.25) is 0 Å². The summed E-state index contributed by atoms with van der Waals surface area (Å²) in [6, 6.07) is 27.5. The fourth-order valence-corrected chi connectivity index (χ4v) is 3.37. The lowest BCUT2D eigenvalue weighted by Gasteiger charge is -2.20. The summed E-state index contributed by atoms with van der Waals surface area (Å²) in [5.74, 6) is 0. The predicted octanol–water partition coefficient (Wildman–Crippen LogP) is 5.06. The Bertz CT molecular complexity index is 1000. The van der Waals surface area contributed by atoms with Gasteiger partial charge in [0.15, 0.2) is 0 Å². The summed E-state index contributed by atoms with van der Waals surface area (Å²) < 4.78 is 5.56. The summed E-state index contributed by atoms with van der Waals surface area (Å²) in [7, 11) is 0. The van der Waals surface area contributed by atoms with Gasteiger partial charge >= 0.3 is 6.03 Å². The molecule has 140 valence electrons. The summed E-state index contributed by atoms with van der Waals surface area (Å²) in [4.78, 5) is 12.5. The second kappa shape index (κ2) is 8.44. The number of para-hydroxylation sites is 1. The number of carbonyl (C=O) groups excluding carboxylic acids is 1. The molecule has 3 aromatic carbocycles. The number of urea groups is 1. The lowest BCUT2D eigenvalue weighted by molar-refractivity contribution is 0.239. The van der Waals surface area contributed by atoms with E-state index in [0.29, 0.717) is 13.0 Å². The number of hydrogen-bond donors (Lipinski definition) is 2. The molecule has 0 aliphatic heterocycles. The Morgan fingerprint density at radius 1 is 0.821 bits per heavy atom. The molecule has 0 fully saturated rings. The molecule has 4 aromatic rings. The third kappa shape index (κ3) is 4.07. The molecule has 0 radical (unpaired) electrons. The molecule has 1 heterocycles. The van der Waals surface area contributed by atoms with Crippen molar-refractivity contribution in [3.63, 3.8) is 0 Å². The van der Waals surface area contributed by atoms with Crippen molar-refractivity contribution in [2.24, 2.45) is 0 Å². The molecule has 0 spiro atoms.